The van der Waals surface area contributed by atoms with E-state index in [1.54, 1.807) is 23.1 Å². The predicted molar refractivity (Wildman–Crippen MR) is 115 cm³/mol. The lowest BCUT2D eigenvalue weighted by Crippen LogP contribution is -2.37. The van der Waals surface area contributed by atoms with Crippen molar-refractivity contribution in [2.24, 2.45) is 0 Å². The van der Waals surface area contributed by atoms with Crippen molar-refractivity contribution in [1.29, 1.82) is 0 Å². The van der Waals surface area contributed by atoms with Crippen molar-refractivity contribution in [3.63, 3.8) is 0 Å². The Morgan fingerprint density at radius 1 is 0.933 bits per heavy atom. The van der Waals surface area contributed by atoms with E-state index in [0.717, 1.165) is 11.1 Å². The number of carbonyl (C=O) groups is 2. The van der Waals surface area contributed by atoms with Crippen LogP contribution in [0.25, 0.3) is 11.3 Å². The minimum Gasteiger partial charge on any atom is -0.355 e. The zero-order valence-electron chi connectivity index (χ0n) is 16.7. The SMILES string of the molecule is Cc1cccc(C(=O)N2CCCN(C(=O)c3cc(-c4cccc(Cl)c4)on3)CC2)c1. The van der Waals surface area contributed by atoms with Crippen LogP contribution in [-0.4, -0.2) is 52.9 Å². The predicted octanol–water partition coefficient (Wildman–Crippen LogP) is 4.29. The molecule has 2 heterocycles. The zero-order chi connectivity index (χ0) is 21.1. The van der Waals surface area contributed by atoms with Gasteiger partial charge in [0.1, 0.15) is 0 Å². The van der Waals surface area contributed by atoms with E-state index in [9.17, 15) is 9.59 Å². The summed E-state index contributed by atoms with van der Waals surface area (Å²) in [6.07, 6.45) is 0.711. The minimum atomic E-state index is -0.197. The molecule has 6 nitrogen and oxygen atoms in total. The van der Waals surface area contributed by atoms with Gasteiger partial charge in [-0.1, -0.05) is 46.6 Å². The maximum atomic E-state index is 12.9. The lowest BCUT2D eigenvalue weighted by atomic mass is 10.1. The van der Waals surface area contributed by atoms with Gasteiger partial charge >= 0.3 is 0 Å². The van der Waals surface area contributed by atoms with E-state index in [1.807, 2.05) is 48.2 Å². The van der Waals surface area contributed by atoms with Gasteiger partial charge in [0.05, 0.1) is 0 Å². The number of hydrogen-bond donors (Lipinski definition) is 0. The molecule has 0 saturated carbocycles. The van der Waals surface area contributed by atoms with E-state index < -0.39 is 0 Å². The number of nitrogens with zero attached hydrogens (tertiary/aromatic N) is 3. The molecular weight excluding hydrogens is 402 g/mol. The van der Waals surface area contributed by atoms with Crippen molar-refractivity contribution in [3.05, 3.63) is 76.4 Å². The summed E-state index contributed by atoms with van der Waals surface area (Å²) in [5.74, 6) is 0.293. The lowest BCUT2D eigenvalue weighted by molar-refractivity contribution is 0.0713. The Bertz CT molecular complexity index is 1080. The van der Waals surface area contributed by atoms with Crippen LogP contribution in [0.1, 0.15) is 32.8 Å². The van der Waals surface area contributed by atoms with Crippen molar-refractivity contribution in [2.75, 3.05) is 26.2 Å². The zero-order valence-corrected chi connectivity index (χ0v) is 17.4. The quantitative estimate of drug-likeness (QED) is 0.630. The molecule has 154 valence electrons. The maximum absolute atomic E-state index is 12.9. The fourth-order valence-corrected chi connectivity index (χ4v) is 3.79. The molecule has 0 N–H and O–H groups in total. The molecule has 0 radical (unpaired) electrons. The number of carbonyl (C=O) groups excluding carboxylic acids is 2. The molecule has 1 aliphatic rings. The number of aryl methyl sites for hydroxylation is 1. The van der Waals surface area contributed by atoms with Gasteiger partial charge in [-0.15, -0.1) is 0 Å². The molecule has 0 spiro atoms. The molecule has 1 aromatic heterocycles. The molecule has 30 heavy (non-hydrogen) atoms. The first-order valence-electron chi connectivity index (χ1n) is 9.89. The topological polar surface area (TPSA) is 66.7 Å². The van der Waals surface area contributed by atoms with E-state index in [4.69, 9.17) is 16.1 Å². The first-order chi connectivity index (χ1) is 14.5. The van der Waals surface area contributed by atoms with Crippen LogP contribution in [0.5, 0.6) is 0 Å². The molecule has 1 fully saturated rings. The molecule has 0 aliphatic carbocycles. The number of rotatable bonds is 3. The number of amides is 2. The fraction of sp³-hybridized carbons (Fsp3) is 0.261. The lowest BCUT2D eigenvalue weighted by Gasteiger charge is -2.21. The van der Waals surface area contributed by atoms with E-state index in [0.29, 0.717) is 48.9 Å². The third-order valence-electron chi connectivity index (χ3n) is 5.17. The average Bonchev–Trinajstić information content (AvgIpc) is 3.11. The molecule has 4 rings (SSSR count). The van der Waals surface area contributed by atoms with Crippen LogP contribution in [0.4, 0.5) is 0 Å². The van der Waals surface area contributed by atoms with Gasteiger partial charge in [-0.3, -0.25) is 9.59 Å². The highest BCUT2D eigenvalue weighted by molar-refractivity contribution is 6.30. The molecule has 1 saturated heterocycles. The van der Waals surface area contributed by atoms with Crippen LogP contribution in [0.2, 0.25) is 5.02 Å². The molecule has 1 aliphatic heterocycles. The normalized spacial score (nSPS) is 14.5. The van der Waals surface area contributed by atoms with Gasteiger partial charge in [-0.05, 0) is 37.6 Å². The van der Waals surface area contributed by atoms with Crippen molar-refractivity contribution in [3.8, 4) is 11.3 Å². The molecule has 0 bridgehead atoms. The Morgan fingerprint density at radius 3 is 2.40 bits per heavy atom. The van der Waals surface area contributed by atoms with Crippen molar-refractivity contribution in [2.45, 2.75) is 13.3 Å². The summed E-state index contributed by atoms with van der Waals surface area (Å²) in [4.78, 5) is 29.3. The van der Waals surface area contributed by atoms with Crippen LogP contribution >= 0.6 is 11.6 Å². The van der Waals surface area contributed by atoms with E-state index in [1.165, 1.54) is 0 Å². The van der Waals surface area contributed by atoms with Gasteiger partial charge in [0.15, 0.2) is 11.5 Å². The minimum absolute atomic E-state index is 0.00215. The Hall–Kier alpha value is -3.12. The summed E-state index contributed by atoms with van der Waals surface area (Å²) in [7, 11) is 0. The first kappa shape index (κ1) is 20.2. The monoisotopic (exact) mass is 423 g/mol. The van der Waals surface area contributed by atoms with Gasteiger partial charge in [-0.2, -0.15) is 0 Å². The van der Waals surface area contributed by atoms with E-state index in [-0.39, 0.29) is 17.5 Å². The highest BCUT2D eigenvalue weighted by Crippen LogP contribution is 2.24. The third-order valence-corrected chi connectivity index (χ3v) is 5.41. The molecule has 3 aromatic rings. The Kier molecular flexibility index (Phi) is 5.86. The summed E-state index contributed by atoms with van der Waals surface area (Å²) in [5, 5.41) is 4.54. The highest BCUT2D eigenvalue weighted by Gasteiger charge is 2.25. The summed E-state index contributed by atoms with van der Waals surface area (Å²) in [6, 6.07) is 16.4. The molecule has 0 atom stereocenters. The molecule has 2 amide bonds. The smallest absolute Gasteiger partial charge is 0.276 e. The van der Waals surface area contributed by atoms with Crippen molar-refractivity contribution < 1.29 is 14.1 Å². The maximum Gasteiger partial charge on any atom is 0.276 e. The van der Waals surface area contributed by atoms with Gasteiger partial charge in [0.2, 0.25) is 0 Å². The second-order valence-corrected chi connectivity index (χ2v) is 7.83. The number of aromatic nitrogens is 1. The first-order valence-corrected chi connectivity index (χ1v) is 10.3. The molecule has 7 heteroatoms. The Balaban J connectivity index is 1.43. The summed E-state index contributed by atoms with van der Waals surface area (Å²) in [6.45, 7) is 4.08. The van der Waals surface area contributed by atoms with Crippen LogP contribution in [0, 0.1) is 6.92 Å². The van der Waals surface area contributed by atoms with Crippen molar-refractivity contribution in [1.82, 2.24) is 15.0 Å². The molecule has 2 aromatic carbocycles. The Morgan fingerprint density at radius 2 is 1.67 bits per heavy atom. The third kappa shape index (κ3) is 4.39. The number of halogens is 1. The van der Waals surface area contributed by atoms with Gasteiger partial charge in [0, 0.05) is 48.4 Å². The second kappa shape index (κ2) is 8.71. The van der Waals surface area contributed by atoms with Crippen LogP contribution in [-0.2, 0) is 0 Å². The van der Waals surface area contributed by atoms with Gasteiger partial charge < -0.3 is 14.3 Å². The number of hydrogen-bond acceptors (Lipinski definition) is 4. The van der Waals surface area contributed by atoms with Gasteiger partial charge in [-0.25, -0.2) is 0 Å². The number of benzene rings is 2. The van der Waals surface area contributed by atoms with Gasteiger partial charge in [0.25, 0.3) is 11.8 Å². The standard InChI is InChI=1S/C23H22ClN3O3/c1-16-5-2-7-18(13-16)22(28)26-9-4-10-27(12-11-26)23(29)20-15-21(30-25-20)17-6-3-8-19(24)14-17/h2-3,5-8,13-15H,4,9-12H2,1H3. The second-order valence-electron chi connectivity index (χ2n) is 7.39. The highest BCUT2D eigenvalue weighted by atomic mass is 35.5. The molecule has 0 unspecified atom stereocenters. The van der Waals surface area contributed by atoms with Crippen LogP contribution in [0.15, 0.2) is 59.1 Å². The fourth-order valence-electron chi connectivity index (χ4n) is 3.60. The largest absolute Gasteiger partial charge is 0.355 e. The summed E-state index contributed by atoms with van der Waals surface area (Å²) < 4.78 is 5.36. The Labute approximate surface area is 180 Å². The van der Waals surface area contributed by atoms with Crippen LogP contribution in [0.3, 0.4) is 0 Å². The average molecular weight is 424 g/mol. The van der Waals surface area contributed by atoms with Crippen LogP contribution < -0.4 is 0 Å². The molecular formula is C23H22ClN3O3. The van der Waals surface area contributed by atoms with Crippen molar-refractivity contribution >= 4 is 23.4 Å². The summed E-state index contributed by atoms with van der Waals surface area (Å²) >= 11 is 6.03. The van der Waals surface area contributed by atoms with E-state index >= 15 is 0 Å². The van der Waals surface area contributed by atoms with E-state index in [2.05, 4.69) is 5.16 Å². The summed E-state index contributed by atoms with van der Waals surface area (Å²) in [5.41, 5.74) is 2.75.